The van der Waals surface area contributed by atoms with Gasteiger partial charge in [0.2, 0.25) is 0 Å². The zero-order chi connectivity index (χ0) is 19.5. The highest BCUT2D eigenvalue weighted by Gasteiger charge is 2.27. The van der Waals surface area contributed by atoms with Crippen LogP contribution in [0, 0.1) is 0 Å². The molecule has 5 nitrogen and oxygen atoms in total. The summed E-state index contributed by atoms with van der Waals surface area (Å²) >= 11 is 3.42. The minimum atomic E-state index is -0.392. The van der Waals surface area contributed by atoms with Crippen molar-refractivity contribution in [3.05, 3.63) is 69.8 Å². The molecule has 28 heavy (non-hydrogen) atoms. The van der Waals surface area contributed by atoms with Gasteiger partial charge in [0, 0.05) is 34.0 Å². The van der Waals surface area contributed by atoms with Crippen molar-refractivity contribution in [1.29, 1.82) is 0 Å². The van der Waals surface area contributed by atoms with E-state index in [9.17, 15) is 9.59 Å². The van der Waals surface area contributed by atoms with Crippen LogP contribution < -0.4 is 10.6 Å². The zero-order valence-corrected chi connectivity index (χ0v) is 17.1. The van der Waals surface area contributed by atoms with Gasteiger partial charge >= 0.3 is 0 Å². The van der Waals surface area contributed by atoms with Gasteiger partial charge in [-0.05, 0) is 55.8 Å². The van der Waals surface area contributed by atoms with Gasteiger partial charge in [0.05, 0.1) is 5.57 Å². The number of carbonyl (C=O) groups is 2. The van der Waals surface area contributed by atoms with Crippen molar-refractivity contribution in [2.45, 2.75) is 25.8 Å². The van der Waals surface area contributed by atoms with E-state index in [1.165, 1.54) is 24.8 Å². The topological polar surface area (TPSA) is 61.4 Å². The number of carbonyl (C=O) groups excluding carboxylic acids is 2. The molecule has 2 aliphatic heterocycles. The van der Waals surface area contributed by atoms with Crippen molar-refractivity contribution in [2.24, 2.45) is 0 Å². The van der Waals surface area contributed by atoms with Gasteiger partial charge in [-0.2, -0.15) is 0 Å². The summed E-state index contributed by atoms with van der Waals surface area (Å²) in [6.45, 7) is 3.14. The number of hydrogen-bond acceptors (Lipinski definition) is 4. The zero-order valence-electron chi connectivity index (χ0n) is 15.5. The lowest BCUT2D eigenvalue weighted by molar-refractivity contribution is -0.114. The molecule has 6 heteroatoms. The predicted molar refractivity (Wildman–Crippen MR) is 114 cm³/mol. The van der Waals surface area contributed by atoms with E-state index in [4.69, 9.17) is 0 Å². The lowest BCUT2D eigenvalue weighted by Gasteiger charge is -2.27. The summed E-state index contributed by atoms with van der Waals surface area (Å²) in [6, 6.07) is 13.5. The third-order valence-corrected chi connectivity index (χ3v) is 5.71. The molecular weight excluding hydrogens is 418 g/mol. The number of imide groups is 1. The highest BCUT2D eigenvalue weighted by atomic mass is 79.9. The van der Waals surface area contributed by atoms with E-state index in [-0.39, 0.29) is 5.91 Å². The fourth-order valence-corrected chi connectivity index (χ4v) is 4.11. The van der Waals surface area contributed by atoms with Crippen LogP contribution in [0.3, 0.4) is 0 Å². The molecule has 2 N–H and O–H groups in total. The second-order valence-corrected chi connectivity index (χ2v) is 8.09. The Labute approximate surface area is 172 Å². The van der Waals surface area contributed by atoms with Crippen molar-refractivity contribution < 1.29 is 9.59 Å². The quantitative estimate of drug-likeness (QED) is 0.554. The molecule has 0 saturated carbocycles. The Hall–Kier alpha value is -2.44. The lowest BCUT2D eigenvalue weighted by Crippen LogP contribution is -2.36. The molecule has 2 aliphatic rings. The van der Waals surface area contributed by atoms with Crippen LogP contribution in [0.15, 0.2) is 53.1 Å². The normalized spacial score (nSPS) is 18.7. The molecule has 0 bridgehead atoms. The molecule has 0 aromatic heterocycles. The Bertz CT molecular complexity index is 949. The van der Waals surface area contributed by atoms with Crippen molar-refractivity contribution in [3.8, 4) is 0 Å². The predicted octanol–water partition coefficient (Wildman–Crippen LogP) is 4.16. The average Bonchev–Trinajstić information content (AvgIpc) is 2.69. The molecule has 0 atom stereocenters. The maximum absolute atomic E-state index is 12.4. The Kier molecular flexibility index (Phi) is 5.59. The second kappa shape index (κ2) is 8.29. The molecule has 144 valence electrons. The Balaban J connectivity index is 1.61. The molecule has 2 heterocycles. The van der Waals surface area contributed by atoms with E-state index in [0.29, 0.717) is 16.7 Å². The number of nitrogens with one attached hydrogen (secondary N) is 2. The van der Waals surface area contributed by atoms with Crippen molar-refractivity contribution in [3.63, 3.8) is 0 Å². The number of piperidine rings is 1. The van der Waals surface area contributed by atoms with Crippen LogP contribution in [-0.4, -0.2) is 29.8 Å². The molecule has 0 spiro atoms. The van der Waals surface area contributed by atoms with Crippen LogP contribution in [0.2, 0.25) is 0 Å². The number of anilines is 1. The molecule has 1 saturated heterocycles. The minimum absolute atomic E-state index is 0.366. The standard InChI is InChI=1S/C22H22BrN3O2/c23-16-8-9-17-18(12-16)19(22(28)25-21(17)27)13-24-20-7-3-2-6-15(20)14-26-10-4-1-5-11-26/h2-3,6-9,12-13,24H,1,4-5,10-11,14H2,(H,25,27,28)/b19-13-. The molecular formula is C22H22BrN3O2. The largest absolute Gasteiger partial charge is 0.361 e. The van der Waals surface area contributed by atoms with E-state index >= 15 is 0 Å². The summed E-state index contributed by atoms with van der Waals surface area (Å²) in [6.07, 6.45) is 5.51. The first-order valence-electron chi connectivity index (χ1n) is 9.54. The maximum Gasteiger partial charge on any atom is 0.260 e. The van der Waals surface area contributed by atoms with Gasteiger partial charge in [-0.1, -0.05) is 40.5 Å². The highest BCUT2D eigenvalue weighted by molar-refractivity contribution is 9.10. The van der Waals surface area contributed by atoms with Crippen LogP contribution in [0.25, 0.3) is 5.57 Å². The maximum atomic E-state index is 12.4. The fourth-order valence-electron chi connectivity index (χ4n) is 3.75. The van der Waals surface area contributed by atoms with Gasteiger partial charge in [-0.25, -0.2) is 0 Å². The number of halogens is 1. The number of likely N-dealkylation sites (tertiary alicyclic amines) is 1. The molecule has 2 aromatic rings. The molecule has 4 rings (SSSR count). The lowest BCUT2D eigenvalue weighted by atomic mass is 9.95. The molecule has 0 unspecified atom stereocenters. The van der Waals surface area contributed by atoms with Crippen LogP contribution in [-0.2, 0) is 11.3 Å². The molecule has 1 fully saturated rings. The van der Waals surface area contributed by atoms with Gasteiger partial charge in [0.25, 0.3) is 11.8 Å². The second-order valence-electron chi connectivity index (χ2n) is 7.17. The summed E-state index contributed by atoms with van der Waals surface area (Å²) < 4.78 is 0.824. The van der Waals surface area contributed by atoms with Gasteiger partial charge in [0.15, 0.2) is 0 Å². The van der Waals surface area contributed by atoms with Gasteiger partial charge in [-0.3, -0.25) is 19.8 Å². The van der Waals surface area contributed by atoms with Crippen molar-refractivity contribution in [2.75, 3.05) is 18.4 Å². The first-order chi connectivity index (χ1) is 13.6. The fraction of sp³-hybridized carbons (Fsp3) is 0.273. The number of benzene rings is 2. The Morgan fingerprint density at radius 3 is 2.61 bits per heavy atom. The molecule has 0 radical (unpaired) electrons. The van der Waals surface area contributed by atoms with E-state index in [1.807, 2.05) is 18.2 Å². The number of nitrogens with zero attached hydrogens (tertiary/aromatic N) is 1. The third kappa shape index (κ3) is 4.03. The number of rotatable bonds is 4. The summed E-state index contributed by atoms with van der Waals surface area (Å²) in [7, 11) is 0. The van der Waals surface area contributed by atoms with Crippen molar-refractivity contribution >= 4 is 39.0 Å². The van der Waals surface area contributed by atoms with E-state index in [1.54, 1.807) is 24.4 Å². The Morgan fingerprint density at radius 2 is 1.79 bits per heavy atom. The number of fused-ring (bicyclic) bond motifs is 1. The van der Waals surface area contributed by atoms with Gasteiger partial charge < -0.3 is 5.32 Å². The number of para-hydroxylation sites is 1. The molecule has 2 aromatic carbocycles. The molecule has 2 amide bonds. The monoisotopic (exact) mass is 439 g/mol. The number of hydrogen-bond donors (Lipinski definition) is 2. The first-order valence-corrected chi connectivity index (χ1v) is 10.3. The average molecular weight is 440 g/mol. The number of amides is 2. The SMILES string of the molecule is O=C1NC(=O)c2ccc(Br)cc2/C1=C/Nc1ccccc1CN1CCCCC1. The van der Waals surface area contributed by atoms with E-state index in [2.05, 4.69) is 37.5 Å². The van der Waals surface area contributed by atoms with Crippen LogP contribution in [0.1, 0.15) is 40.7 Å². The summed E-state index contributed by atoms with van der Waals surface area (Å²) in [5, 5.41) is 5.71. The smallest absolute Gasteiger partial charge is 0.260 e. The Morgan fingerprint density at radius 1 is 1.00 bits per heavy atom. The molecule has 0 aliphatic carbocycles. The van der Waals surface area contributed by atoms with Crippen molar-refractivity contribution in [1.82, 2.24) is 10.2 Å². The third-order valence-electron chi connectivity index (χ3n) is 5.22. The summed E-state index contributed by atoms with van der Waals surface area (Å²) in [4.78, 5) is 27.0. The van der Waals surface area contributed by atoms with E-state index in [0.717, 1.165) is 29.8 Å². The van der Waals surface area contributed by atoms with E-state index < -0.39 is 5.91 Å². The minimum Gasteiger partial charge on any atom is -0.361 e. The van der Waals surface area contributed by atoms with Crippen LogP contribution >= 0.6 is 15.9 Å². The van der Waals surface area contributed by atoms with Crippen LogP contribution in [0.4, 0.5) is 5.69 Å². The van der Waals surface area contributed by atoms with Crippen LogP contribution in [0.5, 0.6) is 0 Å². The van der Waals surface area contributed by atoms with Gasteiger partial charge in [0.1, 0.15) is 0 Å². The van der Waals surface area contributed by atoms with Gasteiger partial charge in [-0.15, -0.1) is 0 Å². The highest BCUT2D eigenvalue weighted by Crippen LogP contribution is 2.28. The summed E-state index contributed by atoms with van der Waals surface area (Å²) in [5.74, 6) is -0.758. The summed E-state index contributed by atoms with van der Waals surface area (Å²) in [5.41, 5.74) is 3.75. The first kappa shape index (κ1) is 18.9.